The van der Waals surface area contributed by atoms with Crippen molar-refractivity contribution in [1.29, 1.82) is 0 Å². The Morgan fingerprint density at radius 1 is 0.638 bits per heavy atom. The maximum absolute atomic E-state index is 12.9. The maximum Gasteiger partial charge on any atom is 0.237 e. The Bertz CT molecular complexity index is 764. The van der Waals surface area contributed by atoms with Crippen LogP contribution in [0.15, 0.2) is 29.3 Å². The van der Waals surface area contributed by atoms with E-state index in [0.717, 1.165) is 31.6 Å². The number of hydrogen-bond acceptors (Lipinski definition) is 4. The summed E-state index contributed by atoms with van der Waals surface area (Å²) in [6.07, 6.45) is 39.6. The molecule has 0 spiro atoms. The van der Waals surface area contributed by atoms with Gasteiger partial charge in [-0.2, -0.15) is 0 Å². The molecule has 7 heteroatoms. The second kappa shape index (κ2) is 35.4. The number of aliphatic hydroxyl groups excluding tert-OH is 1. The van der Waals surface area contributed by atoms with Crippen LogP contribution in [0.1, 0.15) is 188 Å². The highest BCUT2D eigenvalue weighted by Crippen LogP contribution is 2.12. The van der Waals surface area contributed by atoms with Crippen molar-refractivity contribution >= 4 is 11.9 Å². The van der Waals surface area contributed by atoms with Crippen LogP contribution < -0.4 is 22.1 Å². The fraction of sp³-hybridized carbons (Fsp3) is 0.850. The number of amides is 1. The monoisotopic (exact) mass is 662 g/mol. The van der Waals surface area contributed by atoms with Gasteiger partial charge in [0.15, 0.2) is 5.96 Å². The highest BCUT2D eigenvalue weighted by atomic mass is 16.3. The lowest BCUT2D eigenvalue weighted by Crippen LogP contribution is -2.49. The van der Waals surface area contributed by atoms with E-state index in [1.165, 1.54) is 128 Å². The number of nitrogens with two attached hydrogens (primary N) is 2. The number of aliphatic imine (C=N–C) groups is 1. The van der Waals surface area contributed by atoms with Crippen molar-refractivity contribution in [3.63, 3.8) is 0 Å². The molecule has 0 rings (SSSR count). The van der Waals surface area contributed by atoms with Gasteiger partial charge in [-0.15, -0.1) is 0 Å². The van der Waals surface area contributed by atoms with Crippen molar-refractivity contribution in [2.75, 3.05) is 13.1 Å². The molecule has 47 heavy (non-hydrogen) atoms. The second-order valence-electron chi connectivity index (χ2n) is 14.1. The van der Waals surface area contributed by atoms with E-state index in [1.807, 2.05) is 0 Å². The smallest absolute Gasteiger partial charge is 0.237 e. The van der Waals surface area contributed by atoms with Gasteiger partial charge in [0.25, 0.3) is 0 Å². The van der Waals surface area contributed by atoms with E-state index < -0.39 is 12.3 Å². The molecule has 276 valence electrons. The highest BCUT2D eigenvalue weighted by Gasteiger charge is 2.20. The van der Waals surface area contributed by atoms with Crippen LogP contribution in [0.25, 0.3) is 0 Å². The van der Waals surface area contributed by atoms with Crippen molar-refractivity contribution in [2.24, 2.45) is 22.4 Å². The molecule has 0 aliphatic rings. The Labute approximate surface area is 291 Å². The maximum atomic E-state index is 12.9. The summed E-state index contributed by atoms with van der Waals surface area (Å²) in [6, 6.07) is -0.513. The zero-order valence-corrected chi connectivity index (χ0v) is 31.3. The first-order chi connectivity index (χ1) is 22.9. The van der Waals surface area contributed by atoms with E-state index in [1.54, 1.807) is 0 Å². The van der Waals surface area contributed by atoms with Gasteiger partial charge >= 0.3 is 0 Å². The molecule has 0 radical (unpaired) electrons. The Morgan fingerprint density at radius 2 is 1.11 bits per heavy atom. The van der Waals surface area contributed by atoms with Gasteiger partial charge in [0.05, 0.1) is 6.04 Å². The van der Waals surface area contributed by atoms with Crippen LogP contribution in [0.5, 0.6) is 0 Å². The number of aliphatic hydroxyl groups is 1. The molecular weight excluding hydrogens is 582 g/mol. The molecule has 1 unspecified atom stereocenters. The molecule has 0 fully saturated rings. The van der Waals surface area contributed by atoms with E-state index in [0.29, 0.717) is 25.9 Å². The van der Waals surface area contributed by atoms with E-state index in [9.17, 15) is 9.90 Å². The van der Waals surface area contributed by atoms with Gasteiger partial charge in [-0.3, -0.25) is 15.1 Å². The largest absolute Gasteiger partial charge is 0.379 e. The van der Waals surface area contributed by atoms with Crippen LogP contribution in [0.4, 0.5) is 0 Å². The first-order valence-electron chi connectivity index (χ1n) is 19.9. The van der Waals surface area contributed by atoms with E-state index >= 15 is 0 Å². The third-order valence-corrected chi connectivity index (χ3v) is 8.83. The molecule has 0 bridgehead atoms. The fourth-order valence-electron chi connectivity index (χ4n) is 5.82. The van der Waals surface area contributed by atoms with Gasteiger partial charge in [-0.05, 0) is 83.0 Å². The average Bonchev–Trinajstić information content (AvgIpc) is 3.03. The lowest BCUT2D eigenvalue weighted by molar-refractivity contribution is -0.124. The normalized spacial score (nSPS) is 13.1. The first kappa shape index (κ1) is 45.1. The van der Waals surface area contributed by atoms with Crippen molar-refractivity contribution in [3.05, 3.63) is 24.3 Å². The van der Waals surface area contributed by atoms with Gasteiger partial charge < -0.3 is 21.9 Å². The summed E-state index contributed by atoms with van der Waals surface area (Å²) in [6.45, 7) is 7.86. The van der Waals surface area contributed by atoms with Crippen LogP contribution in [0.3, 0.4) is 0 Å². The summed E-state index contributed by atoms with van der Waals surface area (Å²) in [4.78, 5) is 16.9. The molecule has 7 N–H and O–H groups in total. The SMILES string of the molecule is CCCCCCCC/C=C\CCCCCCCC(O)N[C@@H](CCN=C(N)N)C(=O)NCCCCCCCCC/C=C\CCCC(C)C. The number of unbranched alkanes of at least 4 members (excludes halogenated alkanes) is 19. The fourth-order valence-corrected chi connectivity index (χ4v) is 5.82. The molecule has 0 saturated heterocycles. The average molecular weight is 662 g/mol. The summed E-state index contributed by atoms with van der Waals surface area (Å²) in [5.74, 6) is 0.745. The number of carbonyl (C=O) groups is 1. The number of hydrogen-bond donors (Lipinski definition) is 5. The predicted molar refractivity (Wildman–Crippen MR) is 205 cm³/mol. The number of guanidine groups is 1. The number of carbonyl (C=O) groups excluding carboxylic acids is 1. The molecule has 0 heterocycles. The zero-order valence-electron chi connectivity index (χ0n) is 31.3. The molecule has 0 saturated carbocycles. The van der Waals surface area contributed by atoms with Crippen molar-refractivity contribution in [1.82, 2.24) is 10.6 Å². The molecule has 0 aromatic heterocycles. The minimum atomic E-state index is -0.713. The molecular formula is C40H79N5O2. The van der Waals surface area contributed by atoms with Crippen LogP contribution in [0.2, 0.25) is 0 Å². The third kappa shape index (κ3) is 35.3. The van der Waals surface area contributed by atoms with Gasteiger partial charge in [0, 0.05) is 13.1 Å². The van der Waals surface area contributed by atoms with E-state index in [-0.39, 0.29) is 11.9 Å². The van der Waals surface area contributed by atoms with E-state index in [4.69, 9.17) is 11.5 Å². The zero-order chi connectivity index (χ0) is 34.6. The summed E-state index contributed by atoms with van der Waals surface area (Å²) >= 11 is 0. The van der Waals surface area contributed by atoms with Crippen LogP contribution in [0, 0.1) is 5.92 Å². The number of rotatable bonds is 35. The lowest BCUT2D eigenvalue weighted by atomic mass is 10.1. The van der Waals surface area contributed by atoms with Crippen molar-refractivity contribution in [2.45, 2.75) is 200 Å². The Kier molecular flexibility index (Phi) is 34.0. The molecule has 0 aromatic carbocycles. The molecule has 0 aromatic rings. The lowest BCUT2D eigenvalue weighted by Gasteiger charge is -2.22. The predicted octanol–water partition coefficient (Wildman–Crippen LogP) is 9.58. The van der Waals surface area contributed by atoms with Gasteiger partial charge in [0.2, 0.25) is 5.91 Å². The van der Waals surface area contributed by atoms with Gasteiger partial charge in [-0.25, -0.2) is 0 Å². The quantitative estimate of drug-likeness (QED) is 0.0152. The number of nitrogens with one attached hydrogen (secondary N) is 2. The molecule has 1 amide bonds. The number of allylic oxidation sites excluding steroid dienone is 4. The van der Waals surface area contributed by atoms with Crippen molar-refractivity contribution in [3.8, 4) is 0 Å². The highest BCUT2D eigenvalue weighted by molar-refractivity contribution is 5.81. The number of nitrogens with zero attached hydrogens (tertiary/aromatic N) is 1. The van der Waals surface area contributed by atoms with Crippen LogP contribution >= 0.6 is 0 Å². The summed E-state index contributed by atoms with van der Waals surface area (Å²) < 4.78 is 0. The van der Waals surface area contributed by atoms with E-state index in [2.05, 4.69) is 60.7 Å². The van der Waals surface area contributed by atoms with Crippen molar-refractivity contribution < 1.29 is 9.90 Å². The molecule has 2 atom stereocenters. The third-order valence-electron chi connectivity index (χ3n) is 8.83. The van der Waals surface area contributed by atoms with Crippen LogP contribution in [-0.4, -0.2) is 42.3 Å². The van der Waals surface area contributed by atoms with Crippen LogP contribution in [-0.2, 0) is 4.79 Å². The Hall–Kier alpha value is -1.86. The topological polar surface area (TPSA) is 126 Å². The van der Waals surface area contributed by atoms with Gasteiger partial charge in [-0.1, -0.05) is 135 Å². The summed E-state index contributed by atoms with van der Waals surface area (Å²) in [5.41, 5.74) is 11.0. The molecule has 0 aliphatic carbocycles. The van der Waals surface area contributed by atoms with Gasteiger partial charge in [0.1, 0.15) is 6.23 Å². The summed E-state index contributed by atoms with van der Waals surface area (Å²) in [7, 11) is 0. The minimum absolute atomic E-state index is 0.0200. The molecule has 0 aliphatic heterocycles. The summed E-state index contributed by atoms with van der Waals surface area (Å²) in [5, 5.41) is 16.8. The standard InChI is InChI=1S/C40H79N5O2/c1-4-5-6-7-8-9-10-11-12-13-17-20-23-26-29-32-38(46)45-37(33-35-44-40(41)42)39(47)43-34-30-27-24-21-18-15-14-16-19-22-25-28-31-36(2)3/h11-12,19,22,36-38,45-46H,4-10,13-18,20-21,23-35H2,1-3H3,(H,43,47)(H4,41,42,44)/b12-11-,22-19-/t37-,38?/m0/s1. The Morgan fingerprint density at radius 3 is 1.62 bits per heavy atom. The first-order valence-corrected chi connectivity index (χ1v) is 19.9. The molecule has 7 nitrogen and oxygen atoms in total. The second-order valence-corrected chi connectivity index (χ2v) is 14.1. The minimum Gasteiger partial charge on any atom is -0.379 e. The Balaban J connectivity index is 3.98.